The van der Waals surface area contributed by atoms with Gasteiger partial charge in [-0.25, -0.2) is 15.0 Å². The van der Waals surface area contributed by atoms with Gasteiger partial charge >= 0.3 is 0 Å². The van der Waals surface area contributed by atoms with Gasteiger partial charge in [-0.15, -0.1) is 0 Å². The normalized spacial score (nSPS) is 10.6. The Bertz CT molecular complexity index is 598. The van der Waals surface area contributed by atoms with Crippen molar-refractivity contribution in [2.75, 3.05) is 7.11 Å². The average Bonchev–Trinajstić information content (AvgIpc) is 2.38. The molecule has 0 radical (unpaired) electrons. The number of hydrogen-bond acceptors (Lipinski definition) is 6. The Balaban J connectivity index is 2.31. The highest BCUT2D eigenvalue weighted by Crippen LogP contribution is 2.27. The molecule has 2 rings (SSSR count). The van der Waals surface area contributed by atoms with Crippen LogP contribution in [-0.4, -0.2) is 27.0 Å². The van der Waals surface area contributed by atoms with Gasteiger partial charge in [0, 0.05) is 17.6 Å². The Labute approximate surface area is 124 Å². The molecule has 2 aromatic heterocycles. The summed E-state index contributed by atoms with van der Waals surface area (Å²) in [6.45, 7) is 5.95. The Morgan fingerprint density at radius 3 is 2.26 bits per heavy atom. The smallest absolute Gasteiger partial charge is 0.231 e. The summed E-state index contributed by atoms with van der Waals surface area (Å²) in [6.07, 6.45) is 1.65. The lowest BCUT2D eigenvalue weighted by atomic mass is 10.2. The molecule has 0 atom stereocenters. The van der Waals surface area contributed by atoms with Gasteiger partial charge in [0.05, 0.1) is 11.6 Å². The van der Waals surface area contributed by atoms with Crippen LogP contribution in [0.2, 0.25) is 0 Å². The van der Waals surface area contributed by atoms with E-state index in [4.69, 9.17) is 4.74 Å². The number of rotatable bonds is 3. The van der Waals surface area contributed by atoms with Crippen LogP contribution in [0.4, 0.5) is 0 Å². The summed E-state index contributed by atoms with van der Waals surface area (Å²) < 4.78 is 5.86. The number of aromatic nitrogens is 4. The van der Waals surface area contributed by atoms with E-state index in [-0.39, 0.29) is 0 Å². The zero-order chi connectivity index (χ0) is 14.0. The molecule has 0 aliphatic rings. The molecule has 0 saturated carbocycles. The number of aryl methyl sites for hydroxylation is 2. The van der Waals surface area contributed by atoms with Crippen molar-refractivity contribution < 1.29 is 4.74 Å². The molecule has 0 bridgehead atoms. The van der Waals surface area contributed by atoms with Crippen molar-refractivity contribution in [2.45, 2.75) is 31.1 Å². The van der Waals surface area contributed by atoms with E-state index in [2.05, 4.69) is 35.9 Å². The van der Waals surface area contributed by atoms with Crippen LogP contribution >= 0.6 is 27.7 Å². The maximum absolute atomic E-state index is 5.14. The van der Waals surface area contributed by atoms with E-state index in [1.807, 2.05) is 20.8 Å². The van der Waals surface area contributed by atoms with E-state index in [0.29, 0.717) is 16.2 Å². The van der Waals surface area contributed by atoms with Crippen molar-refractivity contribution in [3.63, 3.8) is 0 Å². The Morgan fingerprint density at radius 2 is 1.68 bits per heavy atom. The molecule has 0 unspecified atom stereocenters. The largest absolute Gasteiger partial charge is 0.480 e. The molecule has 19 heavy (non-hydrogen) atoms. The quantitative estimate of drug-likeness (QED) is 0.800. The van der Waals surface area contributed by atoms with Gasteiger partial charge in [0.2, 0.25) is 5.88 Å². The number of hydrogen-bond donors (Lipinski definition) is 0. The van der Waals surface area contributed by atoms with Crippen LogP contribution in [-0.2, 0) is 0 Å². The third kappa shape index (κ3) is 3.22. The summed E-state index contributed by atoms with van der Waals surface area (Å²) in [4.78, 5) is 17.3. The van der Waals surface area contributed by atoms with Gasteiger partial charge in [-0.2, -0.15) is 4.98 Å². The first kappa shape index (κ1) is 14.2. The standard InChI is InChI=1S/C12H13BrN4OS/c1-6-7(2)15-12(16-8(6)3)19-11-14-5-9(13)10(17-11)18-4/h5H,1-4H3. The molecule has 2 heterocycles. The summed E-state index contributed by atoms with van der Waals surface area (Å²) in [5.74, 6) is 0.498. The Hall–Kier alpha value is -1.21. The predicted molar refractivity (Wildman–Crippen MR) is 76.7 cm³/mol. The van der Waals surface area contributed by atoms with Crippen molar-refractivity contribution in [2.24, 2.45) is 0 Å². The molecular formula is C12H13BrN4OS. The topological polar surface area (TPSA) is 60.8 Å². The van der Waals surface area contributed by atoms with Crippen LogP contribution in [0.15, 0.2) is 21.0 Å². The zero-order valence-electron chi connectivity index (χ0n) is 11.1. The molecule has 7 heteroatoms. The molecule has 5 nitrogen and oxygen atoms in total. The van der Waals surface area contributed by atoms with Gasteiger partial charge in [-0.3, -0.25) is 0 Å². The van der Waals surface area contributed by atoms with E-state index in [1.54, 1.807) is 13.3 Å². The minimum absolute atomic E-state index is 0.498. The fraction of sp³-hybridized carbons (Fsp3) is 0.333. The summed E-state index contributed by atoms with van der Waals surface area (Å²) >= 11 is 4.64. The third-order valence-corrected chi connectivity index (χ3v) is 3.97. The van der Waals surface area contributed by atoms with Crippen LogP contribution in [0.5, 0.6) is 5.88 Å². The lowest BCUT2D eigenvalue weighted by Gasteiger charge is -2.07. The van der Waals surface area contributed by atoms with Gasteiger partial charge in [-0.05, 0) is 54.0 Å². The SMILES string of the molecule is COc1nc(Sc2nc(C)c(C)c(C)n2)ncc1Br. The van der Waals surface area contributed by atoms with Crippen LogP contribution in [0.25, 0.3) is 0 Å². The lowest BCUT2D eigenvalue weighted by molar-refractivity contribution is 0.389. The molecule has 0 aliphatic heterocycles. The van der Waals surface area contributed by atoms with Gasteiger partial charge in [0.1, 0.15) is 0 Å². The first-order chi connectivity index (χ1) is 9.01. The molecule has 100 valence electrons. The highest BCUT2D eigenvalue weighted by Gasteiger charge is 2.10. The van der Waals surface area contributed by atoms with E-state index in [9.17, 15) is 0 Å². The summed E-state index contributed by atoms with van der Waals surface area (Å²) in [7, 11) is 1.57. The second kappa shape index (κ2) is 5.83. The highest BCUT2D eigenvalue weighted by atomic mass is 79.9. The van der Waals surface area contributed by atoms with Gasteiger partial charge < -0.3 is 4.74 Å². The molecule has 0 fully saturated rings. The highest BCUT2D eigenvalue weighted by molar-refractivity contribution is 9.10. The first-order valence-electron chi connectivity index (χ1n) is 5.57. The lowest BCUT2D eigenvalue weighted by Crippen LogP contribution is -1.99. The summed E-state index contributed by atoms with van der Waals surface area (Å²) in [5, 5.41) is 1.20. The van der Waals surface area contributed by atoms with E-state index < -0.39 is 0 Å². The monoisotopic (exact) mass is 340 g/mol. The Morgan fingerprint density at radius 1 is 1.05 bits per heavy atom. The van der Waals surface area contributed by atoms with Crippen molar-refractivity contribution in [3.8, 4) is 5.88 Å². The minimum atomic E-state index is 0.498. The van der Waals surface area contributed by atoms with E-state index in [1.165, 1.54) is 11.8 Å². The second-order valence-electron chi connectivity index (χ2n) is 3.91. The predicted octanol–water partition coefficient (Wildman–Crippen LogP) is 3.11. The van der Waals surface area contributed by atoms with E-state index in [0.717, 1.165) is 21.4 Å². The fourth-order valence-electron chi connectivity index (χ4n) is 1.40. The van der Waals surface area contributed by atoms with Crippen molar-refractivity contribution in [3.05, 3.63) is 27.6 Å². The van der Waals surface area contributed by atoms with Crippen LogP contribution in [0.1, 0.15) is 17.0 Å². The second-order valence-corrected chi connectivity index (χ2v) is 5.70. The van der Waals surface area contributed by atoms with Crippen LogP contribution in [0, 0.1) is 20.8 Å². The van der Waals surface area contributed by atoms with Crippen molar-refractivity contribution in [1.29, 1.82) is 0 Å². The number of nitrogens with zero attached hydrogens (tertiary/aromatic N) is 4. The molecule has 0 N–H and O–H groups in total. The van der Waals surface area contributed by atoms with E-state index >= 15 is 0 Å². The fourth-order valence-corrected chi connectivity index (χ4v) is 2.51. The Kier molecular flexibility index (Phi) is 4.36. The molecule has 0 spiro atoms. The third-order valence-electron chi connectivity index (χ3n) is 2.68. The van der Waals surface area contributed by atoms with Crippen molar-refractivity contribution >= 4 is 27.7 Å². The van der Waals surface area contributed by atoms with Gasteiger partial charge in [0.15, 0.2) is 10.3 Å². The summed E-state index contributed by atoms with van der Waals surface area (Å²) in [5.41, 5.74) is 3.05. The molecule has 0 saturated heterocycles. The maximum Gasteiger partial charge on any atom is 0.231 e. The molecule has 0 amide bonds. The number of methoxy groups -OCH3 is 1. The van der Waals surface area contributed by atoms with Gasteiger partial charge in [-0.1, -0.05) is 0 Å². The summed E-state index contributed by atoms with van der Waals surface area (Å²) in [6, 6.07) is 0. The molecule has 0 aromatic carbocycles. The average molecular weight is 341 g/mol. The first-order valence-corrected chi connectivity index (χ1v) is 7.18. The number of halogens is 1. The maximum atomic E-state index is 5.14. The molecule has 2 aromatic rings. The number of ether oxygens (including phenoxy) is 1. The molecular weight excluding hydrogens is 328 g/mol. The van der Waals surface area contributed by atoms with Gasteiger partial charge in [0.25, 0.3) is 0 Å². The van der Waals surface area contributed by atoms with Crippen LogP contribution < -0.4 is 4.74 Å². The van der Waals surface area contributed by atoms with Crippen LogP contribution in [0.3, 0.4) is 0 Å². The van der Waals surface area contributed by atoms with Crippen molar-refractivity contribution in [1.82, 2.24) is 19.9 Å². The molecule has 0 aliphatic carbocycles. The minimum Gasteiger partial charge on any atom is -0.480 e. The zero-order valence-corrected chi connectivity index (χ0v) is 13.5.